The first-order valence-corrected chi connectivity index (χ1v) is 13.3. The van der Waals surface area contributed by atoms with Gasteiger partial charge in [-0.25, -0.2) is 0 Å². The fourth-order valence-electron chi connectivity index (χ4n) is 5.35. The van der Waals surface area contributed by atoms with Crippen LogP contribution in [0, 0.1) is 20.8 Å². The Bertz CT molecular complexity index is 1280. The van der Waals surface area contributed by atoms with Crippen molar-refractivity contribution in [2.75, 3.05) is 23.3 Å². The Morgan fingerprint density at radius 2 is 1.83 bits per heavy atom. The minimum absolute atomic E-state index is 0.0790. The van der Waals surface area contributed by atoms with Gasteiger partial charge in [-0.1, -0.05) is 13.0 Å². The van der Waals surface area contributed by atoms with Gasteiger partial charge >= 0.3 is 0 Å². The number of thioether (sulfide) groups is 1. The van der Waals surface area contributed by atoms with E-state index in [0.717, 1.165) is 51.9 Å². The average Bonchev–Trinajstić information content (AvgIpc) is 3.04. The second-order valence-corrected chi connectivity index (χ2v) is 11.5. The summed E-state index contributed by atoms with van der Waals surface area (Å²) in [5, 5.41) is 2.36. The van der Waals surface area contributed by atoms with Gasteiger partial charge in [0.1, 0.15) is 6.54 Å². The van der Waals surface area contributed by atoms with Crippen molar-refractivity contribution in [1.82, 2.24) is 4.90 Å². The lowest BCUT2D eigenvalue weighted by Gasteiger charge is -2.47. The molecule has 2 aliphatic heterocycles. The highest BCUT2D eigenvalue weighted by atomic mass is 32.2. The van der Waals surface area contributed by atoms with Crippen molar-refractivity contribution in [2.24, 2.45) is 0 Å². The number of hydrogen-bond acceptors (Lipinski definition) is 5. The molecule has 1 N–H and O–H groups in total. The Labute approximate surface area is 218 Å². The quantitative estimate of drug-likeness (QED) is 0.476. The molecule has 0 aromatic heterocycles. The number of hydrogen-bond donors (Lipinski definition) is 1. The molecule has 4 rings (SSSR count). The lowest BCUT2D eigenvalue weighted by molar-refractivity contribution is -0.127. The van der Waals surface area contributed by atoms with Gasteiger partial charge in [-0.15, -0.1) is 0 Å². The molecule has 2 aromatic carbocycles. The van der Waals surface area contributed by atoms with E-state index in [4.69, 9.17) is 0 Å². The van der Waals surface area contributed by atoms with Crippen LogP contribution in [0.15, 0.2) is 35.2 Å². The van der Waals surface area contributed by atoms with Gasteiger partial charge in [0, 0.05) is 23.5 Å². The summed E-state index contributed by atoms with van der Waals surface area (Å²) in [4.78, 5) is 42.1. The monoisotopic (exact) mass is 505 g/mol. The van der Waals surface area contributed by atoms with Gasteiger partial charge in [-0.3, -0.25) is 19.3 Å². The number of carbonyl (C=O) groups excluding carboxylic acids is 3. The largest absolute Gasteiger partial charge is 0.366 e. The first-order valence-electron chi connectivity index (χ1n) is 12.5. The Hall–Kier alpha value is -3.06. The van der Waals surface area contributed by atoms with E-state index < -0.39 is 17.1 Å². The Morgan fingerprint density at radius 1 is 1.11 bits per heavy atom. The summed E-state index contributed by atoms with van der Waals surface area (Å²) in [7, 11) is 0. The number of nitrogens with one attached hydrogen (secondary N) is 1. The number of nitrogens with zero attached hydrogens (tertiary/aromatic N) is 2. The van der Waals surface area contributed by atoms with Crippen molar-refractivity contribution >= 4 is 46.3 Å². The van der Waals surface area contributed by atoms with E-state index in [2.05, 4.69) is 50.0 Å². The molecule has 2 aliphatic rings. The number of anilines is 2. The van der Waals surface area contributed by atoms with E-state index in [-0.39, 0.29) is 12.1 Å². The highest BCUT2D eigenvalue weighted by Gasteiger charge is 2.38. The summed E-state index contributed by atoms with van der Waals surface area (Å²) in [5.74, 6) is -0.445. The zero-order chi connectivity index (χ0) is 26.4. The van der Waals surface area contributed by atoms with E-state index in [9.17, 15) is 14.4 Å². The summed E-state index contributed by atoms with van der Waals surface area (Å²) in [6.45, 7) is 15.6. The number of aryl methyl sites for hydroxylation is 3. The van der Waals surface area contributed by atoms with Crippen LogP contribution in [-0.4, -0.2) is 40.6 Å². The van der Waals surface area contributed by atoms with Gasteiger partial charge in [-0.2, -0.15) is 0 Å². The van der Waals surface area contributed by atoms with Crippen molar-refractivity contribution in [3.05, 3.63) is 63.1 Å². The van der Waals surface area contributed by atoms with Crippen molar-refractivity contribution in [3.63, 3.8) is 0 Å². The fraction of sp³-hybridized carbons (Fsp3) is 0.414. The van der Waals surface area contributed by atoms with Crippen molar-refractivity contribution in [2.45, 2.75) is 66.3 Å². The molecular formula is C29H35N3O3S. The Kier molecular flexibility index (Phi) is 7.06. The minimum Gasteiger partial charge on any atom is -0.366 e. The van der Waals surface area contributed by atoms with Crippen LogP contribution in [0.3, 0.4) is 0 Å². The highest BCUT2D eigenvalue weighted by molar-refractivity contribution is 8.18. The SMILES string of the molecule is CCN1c2cc(C)c(/C=C3\SC(=O)N(CC(=O)Nc4ccc(C)c(C)c4)C3=O)cc2[C@H](C)CC1(C)C. The van der Waals surface area contributed by atoms with Crippen LogP contribution in [-0.2, 0) is 9.59 Å². The number of amides is 3. The third-order valence-corrected chi connectivity index (χ3v) is 8.25. The molecular weight excluding hydrogens is 470 g/mol. The lowest BCUT2D eigenvalue weighted by atomic mass is 9.79. The normalized spacial score (nSPS) is 20.2. The summed E-state index contributed by atoms with van der Waals surface area (Å²) >= 11 is 0.889. The Balaban J connectivity index is 1.55. The van der Waals surface area contributed by atoms with Gasteiger partial charge in [0.2, 0.25) is 5.91 Å². The smallest absolute Gasteiger partial charge is 0.294 e. The molecule has 190 valence electrons. The van der Waals surface area contributed by atoms with Gasteiger partial charge in [0.25, 0.3) is 11.1 Å². The number of benzene rings is 2. The third kappa shape index (κ3) is 4.94. The van der Waals surface area contributed by atoms with Crippen molar-refractivity contribution in [3.8, 4) is 0 Å². The minimum atomic E-state index is -0.429. The lowest BCUT2D eigenvalue weighted by Crippen LogP contribution is -2.48. The molecule has 0 unspecified atom stereocenters. The van der Waals surface area contributed by atoms with Crippen LogP contribution in [0.25, 0.3) is 6.08 Å². The highest BCUT2D eigenvalue weighted by Crippen LogP contribution is 2.45. The zero-order valence-electron chi connectivity index (χ0n) is 22.2. The van der Waals surface area contributed by atoms with Crippen LogP contribution < -0.4 is 10.2 Å². The molecule has 6 nitrogen and oxygen atoms in total. The molecule has 0 bridgehead atoms. The van der Waals surface area contributed by atoms with E-state index >= 15 is 0 Å². The fourth-order valence-corrected chi connectivity index (χ4v) is 6.17. The molecule has 3 amide bonds. The van der Waals surface area contributed by atoms with Crippen LogP contribution in [0.4, 0.5) is 16.2 Å². The molecule has 2 aromatic rings. The maximum atomic E-state index is 13.1. The average molecular weight is 506 g/mol. The standard InChI is InChI=1S/C29H35N3O3S/c1-8-32-24-12-19(4)21(13-23(24)20(5)15-29(32,6)7)14-25-27(34)31(28(35)36-25)16-26(33)30-22-10-9-17(2)18(3)11-22/h9-14,20H,8,15-16H2,1-7H3,(H,30,33)/b25-14-/t20-/m1/s1. The number of carbonyl (C=O) groups is 3. The molecule has 2 heterocycles. The summed E-state index contributed by atoms with van der Waals surface area (Å²) in [6, 6.07) is 9.98. The van der Waals surface area contributed by atoms with Crippen LogP contribution >= 0.6 is 11.8 Å². The maximum Gasteiger partial charge on any atom is 0.294 e. The number of imide groups is 1. The van der Waals surface area contributed by atoms with Crippen LogP contribution in [0.5, 0.6) is 0 Å². The Morgan fingerprint density at radius 3 is 2.50 bits per heavy atom. The van der Waals surface area contributed by atoms with E-state index in [0.29, 0.717) is 16.5 Å². The predicted octanol–water partition coefficient (Wildman–Crippen LogP) is 6.40. The number of rotatable bonds is 5. The molecule has 1 fully saturated rings. The number of fused-ring (bicyclic) bond motifs is 1. The maximum absolute atomic E-state index is 13.1. The zero-order valence-corrected chi connectivity index (χ0v) is 23.0. The molecule has 0 aliphatic carbocycles. The van der Waals surface area contributed by atoms with Gasteiger partial charge in [0.05, 0.1) is 4.91 Å². The molecule has 1 saturated heterocycles. The van der Waals surface area contributed by atoms with Gasteiger partial charge in [-0.05, 0) is 124 Å². The van der Waals surface area contributed by atoms with E-state index in [1.165, 1.54) is 11.3 Å². The summed E-state index contributed by atoms with van der Waals surface area (Å²) in [6.07, 6.45) is 2.84. The molecule has 0 saturated carbocycles. The second-order valence-electron chi connectivity index (χ2n) is 10.5. The summed E-state index contributed by atoms with van der Waals surface area (Å²) < 4.78 is 0. The predicted molar refractivity (Wildman–Crippen MR) is 149 cm³/mol. The first-order chi connectivity index (χ1) is 16.9. The molecule has 36 heavy (non-hydrogen) atoms. The summed E-state index contributed by atoms with van der Waals surface area (Å²) in [5.41, 5.74) is 7.40. The van der Waals surface area contributed by atoms with Crippen LogP contribution in [0.2, 0.25) is 0 Å². The van der Waals surface area contributed by atoms with Gasteiger partial charge in [0.15, 0.2) is 0 Å². The van der Waals surface area contributed by atoms with E-state index in [1.807, 2.05) is 39.0 Å². The first kappa shape index (κ1) is 26.0. The molecule has 1 atom stereocenters. The van der Waals surface area contributed by atoms with E-state index in [1.54, 1.807) is 6.08 Å². The van der Waals surface area contributed by atoms with Crippen molar-refractivity contribution < 1.29 is 14.4 Å². The van der Waals surface area contributed by atoms with Crippen molar-refractivity contribution in [1.29, 1.82) is 0 Å². The topological polar surface area (TPSA) is 69.7 Å². The third-order valence-electron chi connectivity index (χ3n) is 7.34. The van der Waals surface area contributed by atoms with Gasteiger partial charge < -0.3 is 10.2 Å². The molecule has 0 radical (unpaired) electrons. The van der Waals surface area contributed by atoms with Crippen LogP contribution in [0.1, 0.15) is 67.9 Å². The molecule has 7 heteroatoms. The molecule has 0 spiro atoms. The second kappa shape index (κ2) is 9.77.